The van der Waals surface area contributed by atoms with Gasteiger partial charge in [-0.3, -0.25) is 14.3 Å². The highest BCUT2D eigenvalue weighted by molar-refractivity contribution is 7.93. The van der Waals surface area contributed by atoms with Gasteiger partial charge in [0, 0.05) is 24.3 Å². The number of nitrogens with zero attached hydrogens (tertiary/aromatic N) is 1. The lowest BCUT2D eigenvalue weighted by molar-refractivity contribution is -0.139. The number of piperidine rings is 1. The molecule has 1 aliphatic heterocycles. The molecular formula is C28H38N4O7S2. The first kappa shape index (κ1) is 30.8. The van der Waals surface area contributed by atoms with E-state index in [2.05, 4.69) is 19.7 Å². The zero-order valence-corrected chi connectivity index (χ0v) is 25.5. The highest BCUT2D eigenvalue weighted by Gasteiger charge is 2.44. The Morgan fingerprint density at radius 2 is 1.63 bits per heavy atom. The number of carbonyl (C=O) groups is 2. The summed E-state index contributed by atoms with van der Waals surface area (Å²) < 4.78 is 60.5. The number of nitrogens with one attached hydrogen (secondary N) is 3. The second kappa shape index (κ2) is 11.6. The van der Waals surface area contributed by atoms with E-state index in [0.29, 0.717) is 35.4 Å². The van der Waals surface area contributed by atoms with Gasteiger partial charge >= 0.3 is 5.97 Å². The molecule has 0 radical (unpaired) electrons. The number of carbonyl (C=O) groups excluding carboxylic acids is 2. The molecule has 0 atom stereocenters. The first-order valence-electron chi connectivity index (χ1n) is 13.6. The fraction of sp³-hybridized carbons (Fsp3) is 0.500. The lowest BCUT2D eigenvalue weighted by Crippen LogP contribution is -2.40. The van der Waals surface area contributed by atoms with Crippen molar-refractivity contribution in [1.82, 2.24) is 4.72 Å². The second-order valence-electron chi connectivity index (χ2n) is 11.7. The minimum atomic E-state index is -4.03. The van der Waals surface area contributed by atoms with Crippen LogP contribution in [-0.2, 0) is 29.6 Å². The summed E-state index contributed by atoms with van der Waals surface area (Å²) in [4.78, 5) is 27.4. The van der Waals surface area contributed by atoms with Gasteiger partial charge in [0.1, 0.15) is 0 Å². The molecule has 2 aromatic rings. The van der Waals surface area contributed by atoms with E-state index in [0.717, 1.165) is 12.8 Å². The van der Waals surface area contributed by atoms with Crippen LogP contribution in [0.25, 0.3) is 0 Å². The van der Waals surface area contributed by atoms with Crippen LogP contribution in [-0.4, -0.2) is 59.7 Å². The van der Waals surface area contributed by atoms with Gasteiger partial charge in [-0.1, -0.05) is 6.07 Å². The van der Waals surface area contributed by atoms with E-state index in [1.807, 2.05) is 0 Å². The van der Waals surface area contributed by atoms with Crippen LogP contribution in [0.5, 0.6) is 0 Å². The van der Waals surface area contributed by atoms with E-state index in [-0.39, 0.29) is 17.2 Å². The van der Waals surface area contributed by atoms with Crippen LogP contribution >= 0.6 is 0 Å². The smallest absolute Gasteiger partial charge is 0.323 e. The Bertz CT molecular complexity index is 1520. The summed E-state index contributed by atoms with van der Waals surface area (Å²) in [5.41, 5.74) is 1.07. The SMILES string of the molecule is CCOC(=O)CS(=O)(=O)Nc1ccc(C(=O)Nc2cccc(S(=O)(=O)NC(C)(C)C)c2)c(N2CCC3(CC2)CC3)c1. The normalized spacial score (nSPS) is 16.7. The lowest BCUT2D eigenvalue weighted by atomic mass is 9.93. The minimum Gasteiger partial charge on any atom is -0.465 e. The average Bonchev–Trinajstić information content (AvgIpc) is 3.61. The fourth-order valence-corrected chi connectivity index (χ4v) is 7.34. The van der Waals surface area contributed by atoms with Gasteiger partial charge in [-0.2, -0.15) is 0 Å². The molecule has 224 valence electrons. The lowest BCUT2D eigenvalue weighted by Gasteiger charge is -2.35. The van der Waals surface area contributed by atoms with E-state index in [9.17, 15) is 26.4 Å². The van der Waals surface area contributed by atoms with Gasteiger partial charge in [0.15, 0.2) is 5.75 Å². The van der Waals surface area contributed by atoms with Crippen molar-refractivity contribution in [2.45, 2.75) is 63.8 Å². The molecule has 2 fully saturated rings. The largest absolute Gasteiger partial charge is 0.465 e. The zero-order valence-electron chi connectivity index (χ0n) is 23.8. The van der Waals surface area contributed by atoms with Crippen molar-refractivity contribution in [3.05, 3.63) is 48.0 Å². The molecular weight excluding hydrogens is 568 g/mol. The molecule has 1 saturated carbocycles. The molecule has 3 N–H and O–H groups in total. The van der Waals surface area contributed by atoms with Crippen molar-refractivity contribution in [3.63, 3.8) is 0 Å². The Morgan fingerprint density at radius 3 is 2.24 bits per heavy atom. The average molecular weight is 607 g/mol. The highest BCUT2D eigenvalue weighted by atomic mass is 32.2. The van der Waals surface area contributed by atoms with Crippen LogP contribution in [0, 0.1) is 5.41 Å². The zero-order chi connectivity index (χ0) is 30.1. The summed E-state index contributed by atoms with van der Waals surface area (Å²) in [6.45, 7) is 8.31. The van der Waals surface area contributed by atoms with Crippen LogP contribution in [0.2, 0.25) is 0 Å². The number of amides is 1. The predicted molar refractivity (Wildman–Crippen MR) is 158 cm³/mol. The van der Waals surface area contributed by atoms with Gasteiger partial charge in [-0.15, -0.1) is 0 Å². The first-order valence-corrected chi connectivity index (χ1v) is 16.7. The topological polar surface area (TPSA) is 151 Å². The summed E-state index contributed by atoms with van der Waals surface area (Å²) in [5.74, 6) is -2.15. The summed E-state index contributed by atoms with van der Waals surface area (Å²) in [6.07, 6.45) is 4.36. The maximum Gasteiger partial charge on any atom is 0.323 e. The van der Waals surface area contributed by atoms with Crippen molar-refractivity contribution in [2.75, 3.05) is 40.4 Å². The summed E-state index contributed by atoms with van der Waals surface area (Å²) in [5, 5.41) is 2.79. The molecule has 0 aromatic heterocycles. The van der Waals surface area contributed by atoms with Crippen molar-refractivity contribution < 1.29 is 31.2 Å². The summed E-state index contributed by atoms with van der Waals surface area (Å²) in [7, 11) is -7.85. The molecule has 0 bridgehead atoms. The quantitative estimate of drug-likeness (QED) is 0.347. The third kappa shape index (κ3) is 8.20. The molecule has 0 unspecified atom stereocenters. The second-order valence-corrected chi connectivity index (χ2v) is 15.1. The molecule has 1 saturated heterocycles. The van der Waals surface area contributed by atoms with Crippen LogP contribution in [0.15, 0.2) is 47.4 Å². The van der Waals surface area contributed by atoms with Crippen molar-refractivity contribution in [3.8, 4) is 0 Å². The predicted octanol–water partition coefficient (Wildman–Crippen LogP) is 3.70. The van der Waals surface area contributed by atoms with Crippen LogP contribution < -0.4 is 19.7 Å². The van der Waals surface area contributed by atoms with Gasteiger partial charge in [0.05, 0.1) is 28.4 Å². The van der Waals surface area contributed by atoms with Gasteiger partial charge in [0.2, 0.25) is 20.0 Å². The number of hydrogen-bond donors (Lipinski definition) is 3. The van der Waals surface area contributed by atoms with E-state index in [1.54, 1.807) is 45.9 Å². The Kier molecular flexibility index (Phi) is 8.72. The molecule has 1 aliphatic carbocycles. The number of sulfonamides is 2. The number of benzene rings is 2. The maximum atomic E-state index is 13.5. The fourth-order valence-electron chi connectivity index (χ4n) is 4.92. The number of anilines is 3. The Morgan fingerprint density at radius 1 is 0.951 bits per heavy atom. The summed E-state index contributed by atoms with van der Waals surface area (Å²) >= 11 is 0. The van der Waals surface area contributed by atoms with Crippen molar-refractivity contribution >= 4 is 49.0 Å². The molecule has 2 aromatic carbocycles. The van der Waals surface area contributed by atoms with Crippen molar-refractivity contribution in [2.24, 2.45) is 5.41 Å². The molecule has 1 spiro atoms. The van der Waals surface area contributed by atoms with Gasteiger partial charge in [-0.05, 0) is 95.2 Å². The third-order valence-electron chi connectivity index (χ3n) is 7.09. The molecule has 13 heteroatoms. The van der Waals surface area contributed by atoms with Gasteiger partial charge in [0.25, 0.3) is 5.91 Å². The van der Waals surface area contributed by atoms with E-state index in [4.69, 9.17) is 4.74 Å². The maximum absolute atomic E-state index is 13.5. The summed E-state index contributed by atoms with van der Waals surface area (Å²) in [6, 6.07) is 10.6. The molecule has 1 heterocycles. The van der Waals surface area contributed by atoms with Gasteiger partial charge < -0.3 is 15.0 Å². The van der Waals surface area contributed by atoms with E-state index in [1.165, 1.54) is 37.1 Å². The number of rotatable bonds is 10. The standard InChI is InChI=1S/C28H38N4O7S2/c1-5-39-25(33)19-40(35,36)30-21-9-10-23(24(18-21)32-15-13-28(11-12-28)14-16-32)26(34)29-20-7-6-8-22(17-20)41(37,38)31-27(2,3)4/h6-10,17-18,30-31H,5,11-16,19H2,1-4H3,(H,29,34). The number of ether oxygens (including phenoxy) is 1. The Balaban J connectivity index is 1.59. The van der Waals surface area contributed by atoms with Crippen LogP contribution in [0.3, 0.4) is 0 Å². The van der Waals surface area contributed by atoms with Gasteiger partial charge in [-0.25, -0.2) is 21.6 Å². The van der Waals surface area contributed by atoms with Crippen molar-refractivity contribution in [1.29, 1.82) is 0 Å². The molecule has 1 amide bonds. The molecule has 4 rings (SSSR count). The van der Waals surface area contributed by atoms with Crippen LogP contribution in [0.1, 0.15) is 63.7 Å². The van der Waals surface area contributed by atoms with E-state index < -0.39 is 43.2 Å². The van der Waals surface area contributed by atoms with E-state index >= 15 is 0 Å². The Hall–Kier alpha value is -3.16. The minimum absolute atomic E-state index is 0.0163. The Labute approximate surface area is 242 Å². The number of hydrogen-bond acceptors (Lipinski definition) is 8. The highest BCUT2D eigenvalue weighted by Crippen LogP contribution is 2.54. The third-order valence-corrected chi connectivity index (χ3v) is 10.0. The van der Waals surface area contributed by atoms with Crippen LogP contribution in [0.4, 0.5) is 17.1 Å². The molecule has 11 nitrogen and oxygen atoms in total. The first-order chi connectivity index (χ1) is 19.1. The molecule has 41 heavy (non-hydrogen) atoms. The molecule has 2 aliphatic rings. The monoisotopic (exact) mass is 606 g/mol. The number of esters is 1.